The number of pyridine rings is 1. The molecule has 2 aliphatic carbocycles. The average molecular weight is 638 g/mol. The Morgan fingerprint density at radius 1 is 1.13 bits per heavy atom. The van der Waals surface area contributed by atoms with E-state index in [-0.39, 0.29) is 54.2 Å². The quantitative estimate of drug-likeness (QED) is 0.258. The van der Waals surface area contributed by atoms with Gasteiger partial charge in [-0.1, -0.05) is 20.8 Å². The van der Waals surface area contributed by atoms with Gasteiger partial charge < -0.3 is 30.4 Å². The second kappa shape index (κ2) is 14.0. The van der Waals surface area contributed by atoms with Crippen LogP contribution in [0.15, 0.2) is 29.5 Å². The predicted octanol–water partition coefficient (Wildman–Crippen LogP) is 2.22. The van der Waals surface area contributed by atoms with Crippen LogP contribution in [0.1, 0.15) is 88.8 Å². The SMILES string of the molecule is CCNC(=O)C(=O)CCC(NC(=O)c1c(C)ncn1C)C(=O)Nc1cccn(CC(=O)NC23CC(C)CC(CC(C)(C)C2)C3)c1=O. The van der Waals surface area contributed by atoms with Crippen molar-refractivity contribution < 1.29 is 24.0 Å². The molecule has 2 fully saturated rings. The number of aryl methyl sites for hydroxylation is 2. The van der Waals surface area contributed by atoms with Crippen LogP contribution in [0.3, 0.4) is 0 Å². The highest BCUT2D eigenvalue weighted by Crippen LogP contribution is 2.52. The van der Waals surface area contributed by atoms with E-state index in [0.29, 0.717) is 17.5 Å². The van der Waals surface area contributed by atoms with Gasteiger partial charge in [0.05, 0.1) is 12.0 Å². The summed E-state index contributed by atoms with van der Waals surface area (Å²) in [6, 6.07) is 1.71. The van der Waals surface area contributed by atoms with Crippen molar-refractivity contribution in [1.82, 2.24) is 30.1 Å². The molecule has 2 bridgehead atoms. The molecule has 0 aromatic carbocycles. The highest BCUT2D eigenvalue weighted by Gasteiger charge is 2.48. The normalized spacial score (nSPS) is 22.3. The monoisotopic (exact) mass is 637 g/mol. The van der Waals surface area contributed by atoms with Gasteiger partial charge in [-0.2, -0.15) is 0 Å². The van der Waals surface area contributed by atoms with Gasteiger partial charge in [-0.15, -0.1) is 0 Å². The smallest absolute Gasteiger partial charge is 0.287 e. The van der Waals surface area contributed by atoms with Crippen molar-refractivity contribution in [2.75, 3.05) is 11.9 Å². The largest absolute Gasteiger partial charge is 0.350 e. The summed E-state index contributed by atoms with van der Waals surface area (Å²) in [5, 5.41) is 10.9. The van der Waals surface area contributed by atoms with Gasteiger partial charge in [0.15, 0.2) is 0 Å². The van der Waals surface area contributed by atoms with Crippen molar-refractivity contribution >= 4 is 35.1 Å². The summed E-state index contributed by atoms with van der Waals surface area (Å²) in [5.74, 6) is -2.08. The fraction of sp³-hybridized carbons (Fsp3) is 0.606. The lowest BCUT2D eigenvalue weighted by molar-refractivity contribution is -0.138. The van der Waals surface area contributed by atoms with Crippen LogP contribution >= 0.6 is 0 Å². The third kappa shape index (κ3) is 8.29. The molecule has 2 heterocycles. The Morgan fingerprint density at radius 3 is 2.54 bits per heavy atom. The third-order valence-corrected chi connectivity index (χ3v) is 9.02. The van der Waals surface area contributed by atoms with E-state index in [4.69, 9.17) is 0 Å². The van der Waals surface area contributed by atoms with Crippen molar-refractivity contribution in [1.29, 1.82) is 0 Å². The van der Waals surface area contributed by atoms with Gasteiger partial charge in [-0.05, 0) is 81.8 Å². The molecule has 0 aliphatic heterocycles. The Hall–Kier alpha value is -4.29. The Labute approximate surface area is 269 Å². The van der Waals surface area contributed by atoms with E-state index in [1.54, 1.807) is 27.0 Å². The number of rotatable bonds is 12. The van der Waals surface area contributed by atoms with E-state index in [0.717, 1.165) is 32.1 Å². The van der Waals surface area contributed by atoms with Gasteiger partial charge >= 0.3 is 0 Å². The first-order chi connectivity index (χ1) is 21.6. The molecule has 4 rings (SSSR count). The fourth-order valence-electron chi connectivity index (χ4n) is 7.74. The molecule has 2 aromatic rings. The molecule has 2 aromatic heterocycles. The highest BCUT2D eigenvalue weighted by molar-refractivity contribution is 6.36. The minimum atomic E-state index is -1.26. The van der Waals surface area contributed by atoms with Crippen LogP contribution in [0.25, 0.3) is 0 Å². The van der Waals surface area contributed by atoms with Gasteiger partial charge in [0.25, 0.3) is 17.4 Å². The van der Waals surface area contributed by atoms with Crippen molar-refractivity contribution in [3.8, 4) is 0 Å². The molecule has 4 atom stereocenters. The van der Waals surface area contributed by atoms with Gasteiger partial charge in [0, 0.05) is 31.7 Å². The van der Waals surface area contributed by atoms with Gasteiger partial charge in [-0.25, -0.2) is 4.98 Å². The Balaban J connectivity index is 1.48. The first-order valence-electron chi connectivity index (χ1n) is 16.0. The van der Waals surface area contributed by atoms with Gasteiger partial charge in [-0.3, -0.25) is 28.8 Å². The summed E-state index contributed by atoms with van der Waals surface area (Å²) in [7, 11) is 1.63. The minimum absolute atomic E-state index is 0.0883. The number of Topliss-reactive ketones (excluding diaryl/α,β-unsaturated/α-hetero) is 1. The molecule has 46 heavy (non-hydrogen) atoms. The maximum atomic E-state index is 13.5. The molecule has 2 aliphatic rings. The number of likely N-dealkylation sites (N-methyl/N-ethyl adjacent to an activating group) is 1. The summed E-state index contributed by atoms with van der Waals surface area (Å²) in [6.45, 7) is 10.1. The number of hydrogen-bond donors (Lipinski definition) is 4. The first kappa shape index (κ1) is 34.6. The number of nitrogens with one attached hydrogen (secondary N) is 4. The standard InChI is InChI=1S/C33H47N7O6/c1-7-34-29(44)25(41)11-10-23(36-30(45)27-21(3)35-19-39(27)6)28(43)37-24-9-8-12-40(31(24)46)17-26(42)38-33-14-20(2)13-22(16-33)15-32(4,5)18-33/h8-9,12,19-20,22-23H,7,10-11,13-18H2,1-6H3,(H,34,44)(H,36,45)(H,37,43)(H,38,42). The third-order valence-electron chi connectivity index (χ3n) is 9.02. The van der Waals surface area contributed by atoms with E-state index in [1.165, 1.54) is 27.7 Å². The topological polar surface area (TPSA) is 173 Å². The average Bonchev–Trinajstić information content (AvgIpc) is 3.28. The van der Waals surface area contributed by atoms with Crippen LogP contribution in [-0.2, 0) is 32.8 Å². The minimum Gasteiger partial charge on any atom is -0.350 e. The zero-order valence-corrected chi connectivity index (χ0v) is 27.7. The first-order valence-corrected chi connectivity index (χ1v) is 16.0. The predicted molar refractivity (Wildman–Crippen MR) is 172 cm³/mol. The molecular formula is C33H47N7O6. The lowest BCUT2D eigenvalue weighted by atomic mass is 9.56. The summed E-state index contributed by atoms with van der Waals surface area (Å²) in [5.41, 5.74) is -0.206. The zero-order valence-electron chi connectivity index (χ0n) is 27.7. The van der Waals surface area contributed by atoms with Crippen LogP contribution in [0.4, 0.5) is 5.69 Å². The van der Waals surface area contributed by atoms with Crippen molar-refractivity contribution in [2.24, 2.45) is 24.3 Å². The number of fused-ring (bicyclic) bond motifs is 2. The van der Waals surface area contributed by atoms with Crippen molar-refractivity contribution in [3.05, 3.63) is 46.4 Å². The van der Waals surface area contributed by atoms with E-state index in [9.17, 15) is 28.8 Å². The molecule has 4 amide bonds. The second-order valence-corrected chi connectivity index (χ2v) is 14.0. The van der Waals surface area contributed by atoms with Gasteiger partial charge in [0.1, 0.15) is 24.0 Å². The summed E-state index contributed by atoms with van der Waals surface area (Å²) >= 11 is 0. The summed E-state index contributed by atoms with van der Waals surface area (Å²) < 4.78 is 2.74. The number of aromatic nitrogens is 3. The van der Waals surface area contributed by atoms with Crippen LogP contribution in [0.5, 0.6) is 0 Å². The van der Waals surface area contributed by atoms with E-state index in [1.807, 2.05) is 0 Å². The van der Waals surface area contributed by atoms with E-state index in [2.05, 4.69) is 47.0 Å². The van der Waals surface area contributed by atoms with Gasteiger partial charge in [0.2, 0.25) is 17.6 Å². The van der Waals surface area contributed by atoms with E-state index >= 15 is 0 Å². The maximum Gasteiger partial charge on any atom is 0.287 e. The van der Waals surface area contributed by atoms with Crippen molar-refractivity contribution in [3.63, 3.8) is 0 Å². The molecule has 4 N–H and O–H groups in total. The molecule has 13 heteroatoms. The second-order valence-electron chi connectivity index (χ2n) is 14.0. The molecule has 13 nitrogen and oxygen atoms in total. The number of ketones is 1. The maximum absolute atomic E-state index is 13.5. The molecule has 2 saturated carbocycles. The number of hydrogen-bond acceptors (Lipinski definition) is 7. The van der Waals surface area contributed by atoms with Crippen molar-refractivity contribution in [2.45, 2.75) is 97.7 Å². The van der Waals surface area contributed by atoms with Crippen LogP contribution in [0, 0.1) is 24.2 Å². The van der Waals surface area contributed by atoms with Crippen LogP contribution in [-0.4, -0.2) is 61.7 Å². The number of amides is 4. The fourth-order valence-corrected chi connectivity index (χ4v) is 7.74. The number of carbonyl (C=O) groups excluding carboxylic acids is 5. The zero-order chi connectivity index (χ0) is 33.8. The Kier molecular flexibility index (Phi) is 10.5. The molecule has 0 saturated heterocycles. The number of anilines is 1. The summed E-state index contributed by atoms with van der Waals surface area (Å²) in [4.78, 5) is 81.8. The number of nitrogens with zero attached hydrogens (tertiary/aromatic N) is 3. The van der Waals surface area contributed by atoms with E-state index < -0.39 is 35.1 Å². The number of imidazole rings is 1. The van der Waals surface area contributed by atoms with Crippen LogP contribution < -0.4 is 26.8 Å². The molecule has 4 unspecified atom stereocenters. The molecule has 0 spiro atoms. The number of carbonyl (C=O) groups is 5. The molecular weight excluding hydrogens is 590 g/mol. The Bertz CT molecular complexity index is 1540. The Morgan fingerprint density at radius 2 is 1.87 bits per heavy atom. The molecule has 250 valence electrons. The lowest BCUT2D eigenvalue weighted by Gasteiger charge is -2.53. The molecule has 0 radical (unpaired) electrons. The lowest BCUT2D eigenvalue weighted by Crippen LogP contribution is -2.58. The van der Waals surface area contributed by atoms with Crippen LogP contribution in [0.2, 0.25) is 0 Å². The summed E-state index contributed by atoms with van der Waals surface area (Å²) in [6.07, 6.45) is 7.46. The highest BCUT2D eigenvalue weighted by atomic mass is 16.2.